The summed E-state index contributed by atoms with van der Waals surface area (Å²) in [6.07, 6.45) is 2.22. The number of hydrogen-bond donors (Lipinski definition) is 1. The largest absolute Gasteiger partial charge is 0.393 e. The van der Waals surface area contributed by atoms with E-state index in [1.807, 2.05) is 13.1 Å². The summed E-state index contributed by atoms with van der Waals surface area (Å²) < 4.78 is 0. The Morgan fingerprint density at radius 2 is 2.17 bits per heavy atom. The number of nitro benzene ring substituents is 1. The maximum absolute atomic E-state index is 10.8. The third-order valence-electron chi connectivity index (χ3n) is 3.25. The molecule has 0 radical (unpaired) electrons. The van der Waals surface area contributed by atoms with E-state index >= 15 is 0 Å². The monoisotopic (exact) mass is 251 g/mol. The minimum Gasteiger partial charge on any atom is -0.393 e. The van der Waals surface area contributed by atoms with Crippen LogP contribution in [0.25, 0.3) is 0 Å². The highest BCUT2D eigenvalue weighted by Crippen LogP contribution is 2.26. The third kappa shape index (κ3) is 3.43. The Bertz CT molecular complexity index is 421. The van der Waals surface area contributed by atoms with Crippen LogP contribution in [0.1, 0.15) is 32.3 Å². The molecule has 100 valence electrons. The Morgan fingerprint density at radius 1 is 1.50 bits per heavy atom. The highest BCUT2D eigenvalue weighted by molar-refractivity contribution is 5.62. The lowest BCUT2D eigenvalue weighted by Gasteiger charge is -2.24. The second kappa shape index (κ2) is 6.35. The van der Waals surface area contributed by atoms with Gasteiger partial charge < -0.3 is 5.73 Å². The number of nitro groups is 1. The first kappa shape index (κ1) is 14.4. The molecule has 0 amide bonds. The van der Waals surface area contributed by atoms with Gasteiger partial charge in [-0.15, -0.1) is 0 Å². The van der Waals surface area contributed by atoms with E-state index in [0.717, 1.165) is 18.4 Å². The number of hydrogen-bond acceptors (Lipinski definition) is 4. The van der Waals surface area contributed by atoms with Gasteiger partial charge in [0.1, 0.15) is 5.69 Å². The van der Waals surface area contributed by atoms with Crippen molar-refractivity contribution in [3.63, 3.8) is 0 Å². The fraction of sp³-hybridized carbons (Fsp3) is 0.538. The van der Waals surface area contributed by atoms with Crippen LogP contribution in [0, 0.1) is 10.1 Å². The molecular weight excluding hydrogens is 230 g/mol. The molecule has 1 atom stereocenters. The SMILES string of the molecule is CCCC(C)N(C)Cc1cccc([N+](=O)[O-])c1N. The van der Waals surface area contributed by atoms with Gasteiger partial charge in [-0.05, 0) is 26.0 Å². The predicted octanol–water partition coefficient (Wildman–Crippen LogP) is 2.80. The minimum absolute atomic E-state index is 0.0101. The molecule has 18 heavy (non-hydrogen) atoms. The molecule has 0 aliphatic carbocycles. The van der Waals surface area contributed by atoms with Crippen LogP contribution < -0.4 is 5.73 Å². The molecule has 2 N–H and O–H groups in total. The molecular formula is C13H21N3O2. The van der Waals surface area contributed by atoms with Crippen molar-refractivity contribution in [2.45, 2.75) is 39.3 Å². The first-order valence-electron chi connectivity index (χ1n) is 6.19. The zero-order valence-electron chi connectivity index (χ0n) is 11.2. The molecule has 0 fully saturated rings. The third-order valence-corrected chi connectivity index (χ3v) is 3.25. The van der Waals surface area contributed by atoms with Crippen molar-refractivity contribution in [2.24, 2.45) is 0 Å². The second-order valence-electron chi connectivity index (χ2n) is 4.66. The van der Waals surface area contributed by atoms with Gasteiger partial charge >= 0.3 is 0 Å². The predicted molar refractivity (Wildman–Crippen MR) is 73.3 cm³/mol. The van der Waals surface area contributed by atoms with Crippen LogP contribution in [0.2, 0.25) is 0 Å². The Kier molecular flexibility index (Phi) is 5.09. The van der Waals surface area contributed by atoms with E-state index in [-0.39, 0.29) is 11.4 Å². The number of benzene rings is 1. The van der Waals surface area contributed by atoms with E-state index in [0.29, 0.717) is 12.6 Å². The van der Waals surface area contributed by atoms with Gasteiger partial charge in [0.2, 0.25) is 0 Å². The van der Waals surface area contributed by atoms with E-state index in [1.54, 1.807) is 6.07 Å². The maximum Gasteiger partial charge on any atom is 0.292 e. The zero-order chi connectivity index (χ0) is 13.7. The first-order chi connectivity index (χ1) is 8.47. The molecule has 5 heteroatoms. The lowest BCUT2D eigenvalue weighted by atomic mass is 10.1. The van der Waals surface area contributed by atoms with Gasteiger partial charge in [-0.1, -0.05) is 25.5 Å². The number of nitrogens with zero attached hydrogens (tertiary/aromatic N) is 2. The van der Waals surface area contributed by atoms with E-state index in [4.69, 9.17) is 5.73 Å². The summed E-state index contributed by atoms with van der Waals surface area (Å²) in [4.78, 5) is 12.5. The van der Waals surface area contributed by atoms with Crippen molar-refractivity contribution < 1.29 is 4.92 Å². The molecule has 0 aliphatic heterocycles. The number of anilines is 1. The van der Waals surface area contributed by atoms with Crippen molar-refractivity contribution in [3.05, 3.63) is 33.9 Å². The van der Waals surface area contributed by atoms with Gasteiger partial charge in [0.05, 0.1) is 4.92 Å². The van der Waals surface area contributed by atoms with Crippen LogP contribution in [-0.4, -0.2) is 22.9 Å². The average Bonchev–Trinajstić information content (AvgIpc) is 2.31. The summed E-state index contributed by atoms with van der Waals surface area (Å²) in [7, 11) is 2.01. The van der Waals surface area contributed by atoms with E-state index in [9.17, 15) is 10.1 Å². The number of rotatable bonds is 6. The standard InChI is InChI=1S/C13H21N3O2/c1-4-6-10(2)15(3)9-11-7-5-8-12(13(11)14)16(17)18/h5,7-8,10H,4,6,9,14H2,1-3H3. The van der Waals surface area contributed by atoms with Crippen LogP contribution in [0.5, 0.6) is 0 Å². The highest BCUT2D eigenvalue weighted by atomic mass is 16.6. The number of para-hydroxylation sites is 1. The van der Waals surface area contributed by atoms with E-state index < -0.39 is 4.92 Å². The normalized spacial score (nSPS) is 12.7. The first-order valence-corrected chi connectivity index (χ1v) is 6.19. The van der Waals surface area contributed by atoms with E-state index in [1.165, 1.54) is 6.07 Å². The molecule has 5 nitrogen and oxygen atoms in total. The highest BCUT2D eigenvalue weighted by Gasteiger charge is 2.16. The Hall–Kier alpha value is -1.62. The van der Waals surface area contributed by atoms with Crippen LogP contribution in [0.15, 0.2) is 18.2 Å². The molecule has 0 saturated heterocycles. The lowest BCUT2D eigenvalue weighted by molar-refractivity contribution is -0.384. The summed E-state index contributed by atoms with van der Waals surface area (Å²) in [6, 6.07) is 5.40. The molecule has 0 bridgehead atoms. The Morgan fingerprint density at radius 3 is 2.72 bits per heavy atom. The maximum atomic E-state index is 10.8. The van der Waals surface area contributed by atoms with Gasteiger partial charge in [-0.3, -0.25) is 15.0 Å². The van der Waals surface area contributed by atoms with E-state index in [2.05, 4.69) is 18.7 Å². The fourth-order valence-electron chi connectivity index (χ4n) is 1.96. The molecule has 0 saturated carbocycles. The van der Waals surface area contributed by atoms with Crippen LogP contribution >= 0.6 is 0 Å². The summed E-state index contributed by atoms with van der Waals surface area (Å²) in [5.41, 5.74) is 6.92. The molecule has 0 aliphatic rings. The van der Waals surface area contributed by atoms with Crippen molar-refractivity contribution in [1.82, 2.24) is 4.90 Å². The topological polar surface area (TPSA) is 72.4 Å². The molecule has 0 heterocycles. The quantitative estimate of drug-likeness (QED) is 0.479. The van der Waals surface area contributed by atoms with Gasteiger partial charge in [0, 0.05) is 18.7 Å². The average molecular weight is 251 g/mol. The molecule has 0 aromatic heterocycles. The number of nitrogen functional groups attached to an aromatic ring is 1. The molecule has 1 aromatic carbocycles. The zero-order valence-corrected chi connectivity index (χ0v) is 11.2. The second-order valence-corrected chi connectivity index (χ2v) is 4.66. The van der Waals surface area contributed by atoms with Gasteiger partial charge in [-0.25, -0.2) is 0 Å². The van der Waals surface area contributed by atoms with Crippen molar-refractivity contribution in [3.8, 4) is 0 Å². The van der Waals surface area contributed by atoms with Crippen LogP contribution in [-0.2, 0) is 6.54 Å². The summed E-state index contributed by atoms with van der Waals surface area (Å²) in [6.45, 7) is 4.93. The van der Waals surface area contributed by atoms with Gasteiger partial charge in [0.25, 0.3) is 5.69 Å². The molecule has 1 aromatic rings. The van der Waals surface area contributed by atoms with Crippen LogP contribution in [0.4, 0.5) is 11.4 Å². The van der Waals surface area contributed by atoms with Crippen molar-refractivity contribution in [1.29, 1.82) is 0 Å². The summed E-state index contributed by atoms with van der Waals surface area (Å²) in [5, 5.41) is 10.8. The van der Waals surface area contributed by atoms with Crippen molar-refractivity contribution in [2.75, 3.05) is 12.8 Å². The summed E-state index contributed by atoms with van der Waals surface area (Å²) >= 11 is 0. The number of nitrogens with two attached hydrogens (primary N) is 1. The minimum atomic E-state index is -0.436. The van der Waals surface area contributed by atoms with Crippen LogP contribution in [0.3, 0.4) is 0 Å². The molecule has 1 rings (SSSR count). The molecule has 0 spiro atoms. The lowest BCUT2D eigenvalue weighted by Crippen LogP contribution is -2.28. The molecule has 1 unspecified atom stereocenters. The Labute approximate surface area is 108 Å². The Balaban J connectivity index is 2.85. The summed E-state index contributed by atoms with van der Waals surface area (Å²) in [5.74, 6) is 0. The fourth-order valence-corrected chi connectivity index (χ4v) is 1.96. The van der Waals surface area contributed by atoms with Gasteiger partial charge in [-0.2, -0.15) is 0 Å². The smallest absolute Gasteiger partial charge is 0.292 e. The van der Waals surface area contributed by atoms with Crippen molar-refractivity contribution >= 4 is 11.4 Å². The van der Waals surface area contributed by atoms with Gasteiger partial charge in [0.15, 0.2) is 0 Å².